The molecule has 1 N–H and O–H groups in total. The highest BCUT2D eigenvalue weighted by Gasteiger charge is 2.30. The average Bonchev–Trinajstić information content (AvgIpc) is 3.67. The minimum atomic E-state index is -4.41. The van der Waals surface area contributed by atoms with Gasteiger partial charge < -0.3 is 14.4 Å². The van der Waals surface area contributed by atoms with Crippen molar-refractivity contribution in [1.82, 2.24) is 29.5 Å². The molecule has 1 unspecified atom stereocenters. The standard InChI is InChI=1S/C38H40F4N6O2S.ClH/c1-4-46(5-2)18-19-47(22-27-6-10-29(11-7-27)30-12-14-32(15-13-30)38(40,41)42)35(49)24-48-23-34(26(3)31-20-43-44-21-31)36(50)45-37(48)51-25-28-8-16-33(39)17-9-28;/h6-17,20-21,23,26H,4-5,18-19,22,24-25H2,1-3H3,(H,43,44);1H. The Labute approximate surface area is 310 Å². The average molecular weight is 757 g/mol. The molecule has 2 heterocycles. The van der Waals surface area contributed by atoms with Gasteiger partial charge in [0.15, 0.2) is 5.16 Å². The molecule has 0 aliphatic carbocycles. The summed E-state index contributed by atoms with van der Waals surface area (Å²) in [7, 11) is 0. The van der Waals surface area contributed by atoms with E-state index in [0.717, 1.165) is 47.5 Å². The number of amides is 1. The van der Waals surface area contributed by atoms with Crippen LogP contribution in [0.15, 0.2) is 101 Å². The third-order valence-corrected chi connectivity index (χ3v) is 9.93. The summed E-state index contributed by atoms with van der Waals surface area (Å²) in [6.07, 6.45) is 0.652. The van der Waals surface area contributed by atoms with Crippen LogP contribution >= 0.6 is 24.2 Å². The number of H-pyrrole nitrogens is 1. The van der Waals surface area contributed by atoms with Crippen LogP contribution in [-0.4, -0.2) is 61.6 Å². The van der Waals surface area contributed by atoms with Crippen LogP contribution in [0.3, 0.4) is 0 Å². The molecular weight excluding hydrogens is 716 g/mol. The molecule has 14 heteroatoms. The molecule has 0 spiro atoms. The lowest BCUT2D eigenvalue weighted by Gasteiger charge is -2.27. The van der Waals surface area contributed by atoms with Gasteiger partial charge in [0.25, 0.3) is 5.56 Å². The molecule has 5 rings (SSSR count). The first kappa shape index (κ1) is 40.3. The number of aromatic amines is 1. The van der Waals surface area contributed by atoms with Gasteiger partial charge >= 0.3 is 6.18 Å². The van der Waals surface area contributed by atoms with E-state index in [1.165, 1.54) is 36.0 Å². The number of aromatic nitrogens is 4. The Balaban J connectivity index is 0.00000605. The molecule has 3 aromatic carbocycles. The summed E-state index contributed by atoms with van der Waals surface area (Å²) >= 11 is 1.29. The number of likely N-dealkylation sites (N-methyl/N-ethyl adjacent to an activating group) is 1. The van der Waals surface area contributed by atoms with Crippen LogP contribution in [0.4, 0.5) is 17.6 Å². The second-order valence-corrected chi connectivity index (χ2v) is 13.1. The van der Waals surface area contributed by atoms with Gasteiger partial charge in [-0.05, 0) is 65.2 Å². The van der Waals surface area contributed by atoms with Crippen LogP contribution in [0.25, 0.3) is 11.1 Å². The number of benzene rings is 3. The Hall–Kier alpha value is -4.46. The fourth-order valence-electron chi connectivity index (χ4n) is 5.64. The minimum absolute atomic E-state index is 0. The number of carbonyl (C=O) groups excluding carboxylic acids is 1. The van der Waals surface area contributed by atoms with Crippen molar-refractivity contribution in [2.45, 2.75) is 56.9 Å². The predicted octanol–water partition coefficient (Wildman–Crippen LogP) is 8.03. The quantitative estimate of drug-likeness (QED) is 0.0662. The van der Waals surface area contributed by atoms with E-state index in [0.29, 0.717) is 41.7 Å². The SMILES string of the molecule is CCN(CC)CCN(Cc1ccc(-c2ccc(C(F)(F)F)cc2)cc1)C(=O)Cn1cc(C(C)c2cn[nH]c2)c(=O)nc1SCc1ccc(F)cc1.Cl. The first-order chi connectivity index (χ1) is 24.4. The summed E-state index contributed by atoms with van der Waals surface area (Å²) in [4.78, 5) is 35.9. The van der Waals surface area contributed by atoms with Gasteiger partial charge in [0.05, 0.1) is 11.8 Å². The highest BCUT2D eigenvalue weighted by molar-refractivity contribution is 7.98. The number of alkyl halides is 3. The van der Waals surface area contributed by atoms with E-state index in [1.807, 2.05) is 31.2 Å². The van der Waals surface area contributed by atoms with Crippen LogP contribution < -0.4 is 5.56 Å². The van der Waals surface area contributed by atoms with E-state index < -0.39 is 17.3 Å². The van der Waals surface area contributed by atoms with E-state index in [1.54, 1.807) is 40.2 Å². The Morgan fingerprint density at radius 2 is 1.54 bits per heavy atom. The molecule has 0 aliphatic rings. The first-order valence-corrected chi connectivity index (χ1v) is 17.7. The maximum atomic E-state index is 14.2. The molecule has 5 aromatic rings. The lowest BCUT2D eigenvalue weighted by atomic mass is 9.98. The van der Waals surface area contributed by atoms with E-state index in [2.05, 4.69) is 33.9 Å². The van der Waals surface area contributed by atoms with Crippen molar-refractivity contribution in [3.63, 3.8) is 0 Å². The van der Waals surface area contributed by atoms with Gasteiger partial charge in [0.2, 0.25) is 5.91 Å². The van der Waals surface area contributed by atoms with Gasteiger partial charge in [0, 0.05) is 49.3 Å². The van der Waals surface area contributed by atoms with Crippen LogP contribution in [0.2, 0.25) is 0 Å². The monoisotopic (exact) mass is 756 g/mol. The van der Waals surface area contributed by atoms with Gasteiger partial charge in [-0.25, -0.2) is 4.39 Å². The summed E-state index contributed by atoms with van der Waals surface area (Å²) in [6.45, 7) is 8.98. The summed E-state index contributed by atoms with van der Waals surface area (Å²) < 4.78 is 54.4. The highest BCUT2D eigenvalue weighted by atomic mass is 35.5. The van der Waals surface area contributed by atoms with Gasteiger partial charge in [-0.2, -0.15) is 23.3 Å². The Kier molecular flexibility index (Phi) is 14.2. The normalized spacial score (nSPS) is 12.1. The Morgan fingerprint density at radius 3 is 2.12 bits per heavy atom. The smallest absolute Gasteiger partial charge is 0.336 e. The van der Waals surface area contributed by atoms with Crippen LogP contribution in [0.5, 0.6) is 0 Å². The molecule has 1 atom stereocenters. The van der Waals surface area contributed by atoms with Crippen molar-refractivity contribution in [3.8, 4) is 11.1 Å². The maximum absolute atomic E-state index is 14.2. The second kappa shape index (κ2) is 18.3. The van der Waals surface area contributed by atoms with Crippen LogP contribution in [0.1, 0.15) is 54.5 Å². The molecule has 0 bridgehead atoms. The molecule has 8 nitrogen and oxygen atoms in total. The first-order valence-electron chi connectivity index (χ1n) is 16.7. The molecule has 0 aliphatic heterocycles. The van der Waals surface area contributed by atoms with Gasteiger partial charge in [0.1, 0.15) is 12.4 Å². The third-order valence-electron chi connectivity index (χ3n) is 8.86. The van der Waals surface area contributed by atoms with Crippen molar-refractivity contribution in [2.24, 2.45) is 0 Å². The highest BCUT2D eigenvalue weighted by Crippen LogP contribution is 2.31. The van der Waals surface area contributed by atoms with Gasteiger partial charge in [-0.1, -0.05) is 81.1 Å². The summed E-state index contributed by atoms with van der Waals surface area (Å²) in [6, 6.07) is 18.5. The molecule has 0 saturated carbocycles. The fourth-order valence-corrected chi connectivity index (χ4v) is 6.56. The van der Waals surface area contributed by atoms with Crippen molar-refractivity contribution in [1.29, 1.82) is 0 Å². The summed E-state index contributed by atoms with van der Waals surface area (Å²) in [5.74, 6) is -0.441. The van der Waals surface area contributed by atoms with Gasteiger partial charge in [-0.15, -0.1) is 12.4 Å². The molecule has 1 amide bonds. The van der Waals surface area contributed by atoms with Crippen LogP contribution in [-0.2, 0) is 29.8 Å². The molecule has 276 valence electrons. The number of hydrogen-bond donors (Lipinski definition) is 1. The number of hydrogen-bond acceptors (Lipinski definition) is 6. The predicted molar refractivity (Wildman–Crippen MR) is 198 cm³/mol. The third kappa shape index (κ3) is 10.5. The summed E-state index contributed by atoms with van der Waals surface area (Å²) in [5.41, 5.74) is 3.23. The van der Waals surface area contributed by atoms with Crippen molar-refractivity contribution in [2.75, 3.05) is 26.2 Å². The Morgan fingerprint density at radius 1 is 0.923 bits per heavy atom. The molecule has 0 fully saturated rings. The number of halogens is 5. The topological polar surface area (TPSA) is 87.1 Å². The fraction of sp³-hybridized carbons (Fsp3) is 0.316. The van der Waals surface area contributed by atoms with Crippen molar-refractivity contribution < 1.29 is 22.4 Å². The van der Waals surface area contributed by atoms with Crippen molar-refractivity contribution in [3.05, 3.63) is 135 Å². The summed E-state index contributed by atoms with van der Waals surface area (Å²) in [5, 5.41) is 7.15. The number of nitrogens with zero attached hydrogens (tertiary/aromatic N) is 5. The largest absolute Gasteiger partial charge is 0.416 e. The number of rotatable bonds is 15. The zero-order valence-corrected chi connectivity index (χ0v) is 30.7. The number of carbonyl (C=O) groups is 1. The van der Waals surface area contributed by atoms with Crippen molar-refractivity contribution >= 4 is 30.1 Å². The van der Waals surface area contributed by atoms with E-state index in [-0.39, 0.29) is 36.6 Å². The minimum Gasteiger partial charge on any atom is -0.336 e. The maximum Gasteiger partial charge on any atom is 0.416 e. The molecule has 52 heavy (non-hydrogen) atoms. The van der Waals surface area contributed by atoms with E-state index >= 15 is 0 Å². The van der Waals surface area contributed by atoms with Gasteiger partial charge in [-0.3, -0.25) is 14.7 Å². The molecule has 0 radical (unpaired) electrons. The lowest BCUT2D eigenvalue weighted by Crippen LogP contribution is -2.40. The number of nitrogens with one attached hydrogen (secondary N) is 1. The second-order valence-electron chi connectivity index (χ2n) is 12.2. The number of thioether (sulfide) groups is 1. The lowest BCUT2D eigenvalue weighted by molar-refractivity contribution is -0.137. The molecule has 0 saturated heterocycles. The molecule has 2 aromatic heterocycles. The van der Waals surface area contributed by atoms with Crippen LogP contribution in [0, 0.1) is 5.82 Å². The zero-order valence-electron chi connectivity index (χ0n) is 29.1. The molecular formula is C38H41ClF4N6O2S. The Bertz CT molecular complexity index is 1930. The van der Waals surface area contributed by atoms with E-state index in [4.69, 9.17) is 0 Å². The zero-order chi connectivity index (χ0) is 36.5. The van der Waals surface area contributed by atoms with E-state index in [9.17, 15) is 27.2 Å².